The molecule has 0 amide bonds. The molecule has 3 unspecified atom stereocenters. The average Bonchev–Trinajstić information content (AvgIpc) is 2.59. The van der Waals surface area contributed by atoms with Crippen LogP contribution in [0, 0.1) is 11.8 Å². The molecule has 3 nitrogen and oxygen atoms in total. The number of ketones is 1. The van der Waals surface area contributed by atoms with Crippen molar-refractivity contribution in [1.29, 1.82) is 0 Å². The Hall–Kier alpha value is -0.410. The monoisotopic (exact) mass is 199 g/mol. The van der Waals surface area contributed by atoms with Gasteiger partial charge < -0.3 is 10.5 Å². The normalized spacial score (nSPS) is 29.1. The summed E-state index contributed by atoms with van der Waals surface area (Å²) in [7, 11) is 1.67. The van der Waals surface area contributed by atoms with Gasteiger partial charge in [0, 0.05) is 31.6 Å². The maximum Gasteiger partial charge on any atom is 0.140 e. The molecule has 3 heteroatoms. The quantitative estimate of drug-likeness (QED) is 0.727. The number of rotatable bonds is 5. The highest BCUT2D eigenvalue weighted by Crippen LogP contribution is 2.27. The molecule has 14 heavy (non-hydrogen) atoms. The highest BCUT2D eigenvalue weighted by Gasteiger charge is 2.32. The van der Waals surface area contributed by atoms with E-state index in [2.05, 4.69) is 0 Å². The molecule has 0 spiro atoms. The first-order valence-electron chi connectivity index (χ1n) is 5.45. The van der Waals surface area contributed by atoms with Crippen LogP contribution in [0.2, 0.25) is 0 Å². The summed E-state index contributed by atoms with van der Waals surface area (Å²) in [5, 5.41) is 0. The number of nitrogens with two attached hydrogens (primary N) is 1. The van der Waals surface area contributed by atoms with Crippen LogP contribution in [-0.4, -0.2) is 25.5 Å². The van der Waals surface area contributed by atoms with Gasteiger partial charge in [-0.3, -0.25) is 4.79 Å². The molecule has 1 aliphatic carbocycles. The zero-order valence-electron chi connectivity index (χ0n) is 9.16. The van der Waals surface area contributed by atoms with Crippen LogP contribution in [-0.2, 0) is 9.53 Å². The predicted octanol–water partition coefficient (Wildman–Crippen LogP) is 1.36. The Morgan fingerprint density at radius 2 is 2.29 bits per heavy atom. The van der Waals surface area contributed by atoms with Gasteiger partial charge in [-0.2, -0.15) is 0 Å². The van der Waals surface area contributed by atoms with Gasteiger partial charge in [-0.25, -0.2) is 0 Å². The van der Waals surface area contributed by atoms with Crippen molar-refractivity contribution in [3.63, 3.8) is 0 Å². The van der Waals surface area contributed by atoms with Gasteiger partial charge in [0.2, 0.25) is 0 Å². The fourth-order valence-electron chi connectivity index (χ4n) is 2.14. The van der Waals surface area contributed by atoms with Crippen molar-refractivity contribution in [1.82, 2.24) is 0 Å². The number of carbonyl (C=O) groups excluding carboxylic acids is 1. The standard InChI is InChI=1S/C11H21NO2/c1-8(6-7-14-2)11(13)9-4-3-5-10(9)12/h8-10H,3-7,12H2,1-2H3. The lowest BCUT2D eigenvalue weighted by Gasteiger charge is -2.18. The summed E-state index contributed by atoms with van der Waals surface area (Å²) in [6.45, 7) is 2.64. The molecule has 0 saturated heterocycles. The molecular weight excluding hydrogens is 178 g/mol. The third-order valence-electron chi connectivity index (χ3n) is 3.18. The second kappa shape index (κ2) is 5.47. The number of Topliss-reactive ketones (excluding diaryl/α,β-unsaturated/α-hetero) is 1. The van der Waals surface area contributed by atoms with Crippen LogP contribution in [0.4, 0.5) is 0 Å². The Bertz CT molecular complexity index is 194. The topological polar surface area (TPSA) is 52.3 Å². The average molecular weight is 199 g/mol. The van der Waals surface area contributed by atoms with Gasteiger partial charge in [-0.05, 0) is 19.3 Å². The minimum atomic E-state index is 0.101. The van der Waals surface area contributed by atoms with Gasteiger partial charge in [0.15, 0.2) is 0 Å². The fraction of sp³-hybridized carbons (Fsp3) is 0.909. The summed E-state index contributed by atoms with van der Waals surface area (Å²) in [5.41, 5.74) is 5.89. The molecule has 0 aromatic heterocycles. The second-order valence-electron chi connectivity index (χ2n) is 4.29. The fourth-order valence-corrected chi connectivity index (χ4v) is 2.14. The molecule has 1 saturated carbocycles. The highest BCUT2D eigenvalue weighted by atomic mass is 16.5. The van der Waals surface area contributed by atoms with Crippen LogP contribution in [0.5, 0.6) is 0 Å². The van der Waals surface area contributed by atoms with E-state index in [1.54, 1.807) is 7.11 Å². The zero-order valence-corrected chi connectivity index (χ0v) is 9.16. The molecule has 3 atom stereocenters. The first kappa shape index (κ1) is 11.7. The van der Waals surface area contributed by atoms with E-state index in [1.165, 1.54) is 0 Å². The van der Waals surface area contributed by atoms with Crippen molar-refractivity contribution >= 4 is 5.78 Å². The lowest BCUT2D eigenvalue weighted by molar-refractivity contribution is -0.127. The van der Waals surface area contributed by atoms with Gasteiger partial charge >= 0.3 is 0 Å². The number of hydrogen-bond donors (Lipinski definition) is 1. The smallest absolute Gasteiger partial charge is 0.140 e. The predicted molar refractivity (Wildman–Crippen MR) is 56.0 cm³/mol. The van der Waals surface area contributed by atoms with E-state index in [-0.39, 0.29) is 17.9 Å². The molecule has 0 aliphatic heterocycles. The maximum atomic E-state index is 11.9. The Kier molecular flexibility index (Phi) is 4.55. The second-order valence-corrected chi connectivity index (χ2v) is 4.29. The van der Waals surface area contributed by atoms with Crippen molar-refractivity contribution < 1.29 is 9.53 Å². The summed E-state index contributed by atoms with van der Waals surface area (Å²) >= 11 is 0. The number of methoxy groups -OCH3 is 1. The SMILES string of the molecule is COCCC(C)C(=O)C1CCCC1N. The van der Waals surface area contributed by atoms with Crippen LogP contribution in [0.25, 0.3) is 0 Å². The van der Waals surface area contributed by atoms with Crippen LogP contribution in [0.15, 0.2) is 0 Å². The largest absolute Gasteiger partial charge is 0.385 e. The number of hydrogen-bond acceptors (Lipinski definition) is 3. The van der Waals surface area contributed by atoms with Gasteiger partial charge in [0.05, 0.1) is 0 Å². The van der Waals surface area contributed by atoms with Gasteiger partial charge in [0.1, 0.15) is 5.78 Å². The van der Waals surface area contributed by atoms with E-state index < -0.39 is 0 Å². The first-order valence-corrected chi connectivity index (χ1v) is 5.45. The molecule has 0 aromatic carbocycles. The number of ether oxygens (including phenoxy) is 1. The van der Waals surface area contributed by atoms with E-state index >= 15 is 0 Å². The van der Waals surface area contributed by atoms with E-state index in [4.69, 9.17) is 10.5 Å². The Morgan fingerprint density at radius 1 is 1.57 bits per heavy atom. The summed E-state index contributed by atoms with van der Waals surface area (Å²) in [6.07, 6.45) is 3.91. The third kappa shape index (κ3) is 2.79. The molecule has 0 heterocycles. The Morgan fingerprint density at radius 3 is 2.79 bits per heavy atom. The Labute approximate surface area is 86.0 Å². The molecule has 2 N–H and O–H groups in total. The molecule has 1 fully saturated rings. The van der Waals surface area contributed by atoms with Crippen LogP contribution < -0.4 is 5.73 Å². The molecule has 1 rings (SSSR count). The summed E-state index contributed by atoms with van der Waals surface area (Å²) < 4.78 is 4.97. The molecule has 0 aromatic rings. The van der Waals surface area contributed by atoms with Gasteiger partial charge in [-0.1, -0.05) is 13.3 Å². The minimum Gasteiger partial charge on any atom is -0.385 e. The van der Waals surface area contributed by atoms with Crippen LogP contribution in [0.1, 0.15) is 32.6 Å². The molecule has 0 bridgehead atoms. The van der Waals surface area contributed by atoms with Crippen molar-refractivity contribution in [2.75, 3.05) is 13.7 Å². The van der Waals surface area contributed by atoms with E-state index in [0.717, 1.165) is 25.7 Å². The van der Waals surface area contributed by atoms with E-state index in [9.17, 15) is 4.79 Å². The highest BCUT2D eigenvalue weighted by molar-refractivity contribution is 5.84. The Balaban J connectivity index is 2.39. The lowest BCUT2D eigenvalue weighted by atomic mass is 9.89. The van der Waals surface area contributed by atoms with Crippen molar-refractivity contribution in [2.24, 2.45) is 17.6 Å². The number of carbonyl (C=O) groups is 1. The molecule has 82 valence electrons. The van der Waals surface area contributed by atoms with Gasteiger partial charge in [-0.15, -0.1) is 0 Å². The summed E-state index contributed by atoms with van der Waals surface area (Å²) in [6, 6.07) is 0.104. The first-order chi connectivity index (χ1) is 6.66. The van der Waals surface area contributed by atoms with Crippen molar-refractivity contribution in [3.8, 4) is 0 Å². The van der Waals surface area contributed by atoms with Crippen molar-refractivity contribution in [3.05, 3.63) is 0 Å². The van der Waals surface area contributed by atoms with Gasteiger partial charge in [0.25, 0.3) is 0 Å². The summed E-state index contributed by atoms with van der Waals surface area (Å²) in [5.74, 6) is 0.554. The lowest BCUT2D eigenvalue weighted by Crippen LogP contribution is -2.34. The summed E-state index contributed by atoms with van der Waals surface area (Å²) in [4.78, 5) is 11.9. The van der Waals surface area contributed by atoms with Crippen molar-refractivity contribution in [2.45, 2.75) is 38.6 Å². The van der Waals surface area contributed by atoms with Crippen LogP contribution >= 0.6 is 0 Å². The molecule has 1 aliphatic rings. The van der Waals surface area contributed by atoms with E-state index in [1.807, 2.05) is 6.92 Å². The molecule has 0 radical (unpaired) electrons. The minimum absolute atomic E-state index is 0.101. The zero-order chi connectivity index (χ0) is 10.6. The van der Waals surface area contributed by atoms with Crippen LogP contribution in [0.3, 0.4) is 0 Å². The molecular formula is C11H21NO2. The maximum absolute atomic E-state index is 11.9. The van der Waals surface area contributed by atoms with E-state index in [0.29, 0.717) is 12.4 Å². The third-order valence-corrected chi connectivity index (χ3v) is 3.18.